The maximum Gasteiger partial charge on any atom is 0.228 e. The number of benzene rings is 1. The van der Waals surface area contributed by atoms with Gasteiger partial charge in [-0.3, -0.25) is 0 Å². The van der Waals surface area contributed by atoms with Gasteiger partial charge in [-0.1, -0.05) is 29.4 Å². The van der Waals surface area contributed by atoms with Crippen LogP contribution in [-0.2, 0) is 6.42 Å². The second-order valence-electron chi connectivity index (χ2n) is 4.19. The fraction of sp³-hybridized carbons (Fsp3) is 0.231. The van der Waals surface area contributed by atoms with Crippen molar-refractivity contribution >= 4 is 16.6 Å². The van der Waals surface area contributed by atoms with Crippen molar-refractivity contribution in [3.8, 4) is 0 Å². The third-order valence-electron chi connectivity index (χ3n) is 2.77. The first-order valence-corrected chi connectivity index (χ1v) is 6.06. The van der Waals surface area contributed by atoms with Gasteiger partial charge < -0.3 is 9.84 Å². The van der Waals surface area contributed by atoms with Gasteiger partial charge in [0.05, 0.1) is 6.20 Å². The molecule has 1 aromatic carbocycles. The van der Waals surface area contributed by atoms with Crippen LogP contribution in [0.4, 0.5) is 5.82 Å². The van der Waals surface area contributed by atoms with E-state index in [9.17, 15) is 0 Å². The normalized spacial score (nSPS) is 10.8. The predicted octanol–water partition coefficient (Wildman–Crippen LogP) is 1.98. The smallest absolute Gasteiger partial charge is 0.228 e. The van der Waals surface area contributed by atoms with Crippen molar-refractivity contribution in [2.45, 2.75) is 13.3 Å². The molecular formula is C13H13N5O. The zero-order chi connectivity index (χ0) is 13.1. The van der Waals surface area contributed by atoms with Crippen LogP contribution in [0.3, 0.4) is 0 Å². The van der Waals surface area contributed by atoms with Crippen LogP contribution in [0.15, 0.2) is 35.0 Å². The summed E-state index contributed by atoms with van der Waals surface area (Å²) in [5.41, 5.74) is 0. The summed E-state index contributed by atoms with van der Waals surface area (Å²) >= 11 is 0. The molecule has 3 aromatic rings. The summed E-state index contributed by atoms with van der Waals surface area (Å²) < 4.78 is 5.05. The Bertz CT molecular complexity index is 689. The standard InChI is InChI=1S/C13H13N5O/c1-9-16-12(19-18-9)6-7-14-13-11-5-3-2-4-10(11)8-15-17-13/h2-5,8H,6-7H2,1H3,(H,14,17). The Hall–Kier alpha value is -2.50. The molecule has 3 rings (SSSR count). The van der Waals surface area contributed by atoms with Gasteiger partial charge in [0, 0.05) is 23.7 Å². The van der Waals surface area contributed by atoms with Crippen LogP contribution >= 0.6 is 0 Å². The zero-order valence-corrected chi connectivity index (χ0v) is 10.5. The number of hydrogen-bond donors (Lipinski definition) is 1. The third-order valence-corrected chi connectivity index (χ3v) is 2.77. The molecule has 2 aromatic heterocycles. The molecule has 6 nitrogen and oxygen atoms in total. The molecule has 0 bridgehead atoms. The van der Waals surface area contributed by atoms with Gasteiger partial charge in [0.25, 0.3) is 0 Å². The lowest BCUT2D eigenvalue weighted by atomic mass is 10.2. The van der Waals surface area contributed by atoms with E-state index in [0.717, 1.165) is 16.6 Å². The molecule has 0 amide bonds. The highest BCUT2D eigenvalue weighted by Crippen LogP contribution is 2.18. The fourth-order valence-corrected chi connectivity index (χ4v) is 1.89. The summed E-state index contributed by atoms with van der Waals surface area (Å²) in [6.45, 7) is 2.47. The van der Waals surface area contributed by atoms with Gasteiger partial charge >= 0.3 is 0 Å². The zero-order valence-electron chi connectivity index (χ0n) is 10.5. The Balaban J connectivity index is 1.71. The number of anilines is 1. The molecule has 96 valence electrons. The number of rotatable bonds is 4. The van der Waals surface area contributed by atoms with E-state index in [0.29, 0.717) is 24.7 Å². The van der Waals surface area contributed by atoms with E-state index in [1.807, 2.05) is 24.3 Å². The third kappa shape index (κ3) is 2.52. The van der Waals surface area contributed by atoms with Crippen molar-refractivity contribution in [2.24, 2.45) is 0 Å². The number of hydrogen-bond acceptors (Lipinski definition) is 6. The highest BCUT2D eigenvalue weighted by Gasteiger charge is 2.05. The van der Waals surface area contributed by atoms with Crippen molar-refractivity contribution in [3.63, 3.8) is 0 Å². The van der Waals surface area contributed by atoms with Gasteiger partial charge in [-0.15, -0.1) is 5.10 Å². The monoisotopic (exact) mass is 255 g/mol. The van der Waals surface area contributed by atoms with E-state index >= 15 is 0 Å². The van der Waals surface area contributed by atoms with Crippen LogP contribution < -0.4 is 5.32 Å². The average Bonchev–Trinajstić information content (AvgIpc) is 2.85. The Morgan fingerprint density at radius 2 is 2.16 bits per heavy atom. The van der Waals surface area contributed by atoms with Crippen molar-refractivity contribution in [2.75, 3.05) is 11.9 Å². The Morgan fingerprint density at radius 3 is 3.00 bits per heavy atom. The molecule has 0 saturated heterocycles. The largest absolute Gasteiger partial charge is 0.368 e. The Labute approximate surface area is 109 Å². The first-order chi connectivity index (χ1) is 9.33. The molecule has 6 heteroatoms. The highest BCUT2D eigenvalue weighted by molar-refractivity contribution is 5.90. The van der Waals surface area contributed by atoms with Crippen LogP contribution in [0.25, 0.3) is 10.8 Å². The molecule has 0 saturated carbocycles. The van der Waals surface area contributed by atoms with E-state index in [-0.39, 0.29) is 0 Å². The summed E-state index contributed by atoms with van der Waals surface area (Å²) in [5.74, 6) is 2.05. The summed E-state index contributed by atoms with van der Waals surface area (Å²) in [6.07, 6.45) is 2.41. The summed E-state index contributed by atoms with van der Waals surface area (Å²) in [4.78, 5) is 4.15. The molecule has 0 fully saturated rings. The quantitative estimate of drug-likeness (QED) is 0.768. The average molecular weight is 255 g/mol. The SMILES string of the molecule is Cc1noc(CCNc2nncc3ccccc23)n1. The number of nitrogens with zero attached hydrogens (tertiary/aromatic N) is 4. The van der Waals surface area contributed by atoms with Crippen molar-refractivity contribution in [1.29, 1.82) is 0 Å². The van der Waals surface area contributed by atoms with Gasteiger partial charge in [-0.05, 0) is 6.92 Å². The molecule has 0 spiro atoms. The topological polar surface area (TPSA) is 76.7 Å². The van der Waals surface area contributed by atoms with Crippen LogP contribution in [0, 0.1) is 6.92 Å². The first kappa shape index (κ1) is 11.6. The second kappa shape index (κ2) is 5.01. The lowest BCUT2D eigenvalue weighted by molar-refractivity contribution is 0.377. The van der Waals surface area contributed by atoms with E-state index in [1.165, 1.54) is 0 Å². The van der Waals surface area contributed by atoms with Gasteiger partial charge in [-0.25, -0.2) is 0 Å². The van der Waals surface area contributed by atoms with E-state index < -0.39 is 0 Å². The van der Waals surface area contributed by atoms with Gasteiger partial charge in [0.15, 0.2) is 11.6 Å². The number of aryl methyl sites for hydroxylation is 1. The van der Waals surface area contributed by atoms with E-state index in [4.69, 9.17) is 4.52 Å². The first-order valence-electron chi connectivity index (χ1n) is 6.06. The van der Waals surface area contributed by atoms with Crippen LogP contribution in [0.5, 0.6) is 0 Å². The van der Waals surface area contributed by atoms with Crippen LogP contribution in [0.2, 0.25) is 0 Å². The maximum atomic E-state index is 5.05. The Morgan fingerprint density at radius 1 is 1.26 bits per heavy atom. The summed E-state index contributed by atoms with van der Waals surface area (Å²) in [5, 5.41) is 17.2. The molecular weight excluding hydrogens is 242 g/mol. The number of nitrogens with one attached hydrogen (secondary N) is 1. The lowest BCUT2D eigenvalue weighted by Crippen LogP contribution is -2.07. The highest BCUT2D eigenvalue weighted by atomic mass is 16.5. The fourth-order valence-electron chi connectivity index (χ4n) is 1.89. The van der Waals surface area contributed by atoms with Crippen molar-refractivity contribution in [3.05, 3.63) is 42.2 Å². The molecule has 0 atom stereocenters. The summed E-state index contributed by atoms with van der Waals surface area (Å²) in [7, 11) is 0. The molecule has 0 aliphatic heterocycles. The lowest BCUT2D eigenvalue weighted by Gasteiger charge is -2.06. The van der Waals surface area contributed by atoms with Crippen molar-refractivity contribution < 1.29 is 4.52 Å². The van der Waals surface area contributed by atoms with Crippen LogP contribution in [0.1, 0.15) is 11.7 Å². The molecule has 0 radical (unpaired) electrons. The molecule has 19 heavy (non-hydrogen) atoms. The number of aromatic nitrogens is 4. The molecule has 0 aliphatic carbocycles. The van der Waals surface area contributed by atoms with Gasteiger partial charge in [0.1, 0.15) is 0 Å². The predicted molar refractivity (Wildman–Crippen MR) is 70.8 cm³/mol. The summed E-state index contributed by atoms with van der Waals surface area (Å²) in [6, 6.07) is 7.99. The minimum atomic E-state index is 0.623. The molecule has 2 heterocycles. The maximum absolute atomic E-state index is 5.05. The van der Waals surface area contributed by atoms with E-state index in [1.54, 1.807) is 13.1 Å². The van der Waals surface area contributed by atoms with Gasteiger partial charge in [-0.2, -0.15) is 10.1 Å². The molecule has 0 unspecified atom stereocenters. The molecule has 1 N–H and O–H groups in total. The van der Waals surface area contributed by atoms with Gasteiger partial charge in [0.2, 0.25) is 5.89 Å². The van der Waals surface area contributed by atoms with E-state index in [2.05, 4.69) is 25.7 Å². The minimum absolute atomic E-state index is 0.623. The van der Waals surface area contributed by atoms with Crippen molar-refractivity contribution in [1.82, 2.24) is 20.3 Å². The number of fused-ring (bicyclic) bond motifs is 1. The second-order valence-corrected chi connectivity index (χ2v) is 4.19. The Kier molecular flexibility index (Phi) is 3.06. The molecule has 0 aliphatic rings. The van der Waals surface area contributed by atoms with Crippen LogP contribution in [-0.4, -0.2) is 26.9 Å². The minimum Gasteiger partial charge on any atom is -0.368 e.